The summed E-state index contributed by atoms with van der Waals surface area (Å²) in [6.07, 6.45) is 0. The summed E-state index contributed by atoms with van der Waals surface area (Å²) < 4.78 is 11.6. The predicted octanol–water partition coefficient (Wildman–Crippen LogP) is 3.48. The van der Waals surface area contributed by atoms with E-state index in [9.17, 15) is 0 Å². The molecule has 0 spiro atoms. The van der Waals surface area contributed by atoms with Gasteiger partial charge in [0.15, 0.2) is 11.5 Å². The molecular weight excluding hydrogens is 262 g/mol. The molecule has 3 heteroatoms. The van der Waals surface area contributed by atoms with E-state index in [0.29, 0.717) is 19.1 Å². The zero-order valence-electron chi connectivity index (χ0n) is 12.6. The molecule has 0 aliphatic carbocycles. The highest BCUT2D eigenvalue weighted by Gasteiger charge is 2.15. The fourth-order valence-electron chi connectivity index (χ4n) is 2.45. The van der Waals surface area contributed by atoms with Gasteiger partial charge >= 0.3 is 0 Å². The lowest BCUT2D eigenvalue weighted by Gasteiger charge is -2.10. The van der Waals surface area contributed by atoms with Gasteiger partial charge in [-0.05, 0) is 35.9 Å². The molecule has 1 aliphatic rings. The third kappa shape index (κ3) is 3.19. The molecule has 0 radical (unpaired) electrons. The van der Waals surface area contributed by atoms with Gasteiger partial charge in [0.05, 0.1) is 13.2 Å². The van der Waals surface area contributed by atoms with E-state index in [1.165, 1.54) is 11.1 Å². The molecular formula is C18H21NO2. The quantitative estimate of drug-likeness (QED) is 0.935. The van der Waals surface area contributed by atoms with Crippen LogP contribution in [0.5, 0.6) is 11.5 Å². The van der Waals surface area contributed by atoms with Gasteiger partial charge in [0, 0.05) is 12.5 Å². The molecule has 1 N–H and O–H groups in total. The SMILES string of the molecule is CNCc1ccc(-c2ccc3c(c2)OCC(C)CO3)cc1. The molecule has 1 unspecified atom stereocenters. The second-order valence-electron chi connectivity index (χ2n) is 5.62. The first kappa shape index (κ1) is 14.0. The van der Waals surface area contributed by atoms with E-state index in [1.54, 1.807) is 0 Å². The van der Waals surface area contributed by atoms with Gasteiger partial charge in [0.1, 0.15) is 0 Å². The second-order valence-corrected chi connectivity index (χ2v) is 5.62. The number of fused-ring (bicyclic) bond motifs is 1. The van der Waals surface area contributed by atoms with Crippen LogP contribution < -0.4 is 14.8 Å². The van der Waals surface area contributed by atoms with Crippen molar-refractivity contribution in [2.24, 2.45) is 5.92 Å². The topological polar surface area (TPSA) is 30.5 Å². The Labute approximate surface area is 125 Å². The Morgan fingerprint density at radius 3 is 2.33 bits per heavy atom. The molecule has 0 saturated heterocycles. The molecule has 0 amide bonds. The van der Waals surface area contributed by atoms with E-state index in [1.807, 2.05) is 13.1 Å². The van der Waals surface area contributed by atoms with Crippen LogP contribution in [0.2, 0.25) is 0 Å². The number of nitrogens with one attached hydrogen (secondary N) is 1. The Hall–Kier alpha value is -2.00. The molecule has 2 aromatic carbocycles. The minimum Gasteiger partial charge on any atom is -0.489 e. The van der Waals surface area contributed by atoms with Crippen LogP contribution >= 0.6 is 0 Å². The maximum atomic E-state index is 5.85. The molecule has 21 heavy (non-hydrogen) atoms. The van der Waals surface area contributed by atoms with Crippen molar-refractivity contribution in [1.82, 2.24) is 5.32 Å². The summed E-state index contributed by atoms with van der Waals surface area (Å²) in [5.41, 5.74) is 3.63. The van der Waals surface area contributed by atoms with Crippen molar-refractivity contribution in [2.75, 3.05) is 20.3 Å². The summed E-state index contributed by atoms with van der Waals surface area (Å²) in [5, 5.41) is 3.16. The Balaban J connectivity index is 1.86. The predicted molar refractivity (Wildman–Crippen MR) is 84.8 cm³/mol. The number of hydrogen-bond donors (Lipinski definition) is 1. The van der Waals surface area contributed by atoms with Gasteiger partial charge in [-0.3, -0.25) is 0 Å². The van der Waals surface area contributed by atoms with Crippen LogP contribution in [-0.4, -0.2) is 20.3 Å². The molecule has 1 aliphatic heterocycles. The highest BCUT2D eigenvalue weighted by atomic mass is 16.5. The van der Waals surface area contributed by atoms with Crippen LogP contribution in [-0.2, 0) is 6.54 Å². The van der Waals surface area contributed by atoms with Crippen molar-refractivity contribution in [3.05, 3.63) is 48.0 Å². The van der Waals surface area contributed by atoms with E-state index >= 15 is 0 Å². The number of rotatable bonds is 3. The lowest BCUT2D eigenvalue weighted by molar-refractivity contribution is 0.228. The van der Waals surface area contributed by atoms with Gasteiger partial charge in [-0.15, -0.1) is 0 Å². The third-order valence-corrected chi connectivity index (χ3v) is 3.66. The standard InChI is InChI=1S/C18H21NO2/c1-13-11-20-17-8-7-16(9-18(17)21-12-13)15-5-3-14(4-6-15)10-19-2/h3-9,13,19H,10-12H2,1-2H3. The average molecular weight is 283 g/mol. The number of hydrogen-bond acceptors (Lipinski definition) is 3. The summed E-state index contributed by atoms with van der Waals surface area (Å²) in [5.74, 6) is 2.10. The van der Waals surface area contributed by atoms with Crippen LogP contribution in [0, 0.1) is 5.92 Å². The van der Waals surface area contributed by atoms with Gasteiger partial charge in [-0.25, -0.2) is 0 Å². The number of benzene rings is 2. The minimum absolute atomic E-state index is 0.418. The van der Waals surface area contributed by atoms with Crippen molar-refractivity contribution in [1.29, 1.82) is 0 Å². The monoisotopic (exact) mass is 283 g/mol. The van der Waals surface area contributed by atoms with Gasteiger partial charge in [-0.2, -0.15) is 0 Å². The fourth-order valence-corrected chi connectivity index (χ4v) is 2.45. The zero-order chi connectivity index (χ0) is 14.7. The Morgan fingerprint density at radius 2 is 1.62 bits per heavy atom. The van der Waals surface area contributed by atoms with Gasteiger partial charge in [0.2, 0.25) is 0 Å². The Bertz CT molecular complexity index is 607. The van der Waals surface area contributed by atoms with Gasteiger partial charge in [0.25, 0.3) is 0 Å². The highest BCUT2D eigenvalue weighted by Crippen LogP contribution is 2.34. The van der Waals surface area contributed by atoms with Crippen molar-refractivity contribution < 1.29 is 9.47 Å². The van der Waals surface area contributed by atoms with E-state index in [-0.39, 0.29) is 0 Å². The summed E-state index contributed by atoms with van der Waals surface area (Å²) in [6.45, 7) is 4.44. The molecule has 2 aromatic rings. The molecule has 3 nitrogen and oxygen atoms in total. The lowest BCUT2D eigenvalue weighted by atomic mass is 10.0. The first-order valence-corrected chi connectivity index (χ1v) is 7.40. The van der Waals surface area contributed by atoms with Crippen molar-refractivity contribution in [2.45, 2.75) is 13.5 Å². The maximum absolute atomic E-state index is 5.85. The average Bonchev–Trinajstić information content (AvgIpc) is 2.70. The number of ether oxygens (including phenoxy) is 2. The van der Waals surface area contributed by atoms with Gasteiger partial charge in [-0.1, -0.05) is 37.3 Å². The molecule has 110 valence electrons. The summed E-state index contributed by atoms with van der Waals surface area (Å²) in [6, 6.07) is 14.8. The molecule has 1 atom stereocenters. The van der Waals surface area contributed by atoms with Crippen LogP contribution in [0.3, 0.4) is 0 Å². The first-order valence-electron chi connectivity index (χ1n) is 7.40. The van der Waals surface area contributed by atoms with Crippen LogP contribution in [0.4, 0.5) is 0 Å². The molecule has 0 aromatic heterocycles. The van der Waals surface area contributed by atoms with Crippen molar-refractivity contribution in [3.8, 4) is 22.6 Å². The molecule has 3 rings (SSSR count). The maximum Gasteiger partial charge on any atom is 0.161 e. The molecule has 0 bridgehead atoms. The summed E-state index contributed by atoms with van der Waals surface area (Å²) in [4.78, 5) is 0. The van der Waals surface area contributed by atoms with E-state index in [4.69, 9.17) is 9.47 Å². The van der Waals surface area contributed by atoms with Crippen LogP contribution in [0.25, 0.3) is 11.1 Å². The fraction of sp³-hybridized carbons (Fsp3) is 0.333. The molecule has 1 heterocycles. The summed E-state index contributed by atoms with van der Waals surface area (Å²) >= 11 is 0. The van der Waals surface area contributed by atoms with E-state index in [2.05, 4.69) is 48.6 Å². The molecule has 0 saturated carbocycles. The van der Waals surface area contributed by atoms with E-state index in [0.717, 1.165) is 23.6 Å². The van der Waals surface area contributed by atoms with Crippen LogP contribution in [0.15, 0.2) is 42.5 Å². The molecule has 0 fully saturated rings. The van der Waals surface area contributed by atoms with E-state index < -0.39 is 0 Å². The zero-order valence-corrected chi connectivity index (χ0v) is 12.6. The smallest absolute Gasteiger partial charge is 0.161 e. The minimum atomic E-state index is 0.418. The highest BCUT2D eigenvalue weighted by molar-refractivity contribution is 5.67. The first-order chi connectivity index (χ1) is 10.3. The Kier molecular flexibility index (Phi) is 4.11. The van der Waals surface area contributed by atoms with Gasteiger partial charge < -0.3 is 14.8 Å². The third-order valence-electron chi connectivity index (χ3n) is 3.66. The normalized spacial score (nSPS) is 17.3. The van der Waals surface area contributed by atoms with Crippen LogP contribution in [0.1, 0.15) is 12.5 Å². The van der Waals surface area contributed by atoms with Crippen molar-refractivity contribution >= 4 is 0 Å². The Morgan fingerprint density at radius 1 is 0.952 bits per heavy atom. The van der Waals surface area contributed by atoms with Crippen molar-refractivity contribution in [3.63, 3.8) is 0 Å². The largest absolute Gasteiger partial charge is 0.489 e. The lowest BCUT2D eigenvalue weighted by Crippen LogP contribution is -2.12. The summed E-state index contributed by atoms with van der Waals surface area (Å²) in [7, 11) is 1.96. The second kappa shape index (κ2) is 6.19.